The lowest BCUT2D eigenvalue weighted by Crippen LogP contribution is -1.96. The van der Waals surface area contributed by atoms with E-state index in [-0.39, 0.29) is 9.79 Å². The molecule has 0 saturated carbocycles. The minimum absolute atomic E-state index is 0.233. The Morgan fingerprint density at radius 3 is 0.833 bits per heavy atom. The molecule has 3 aromatic rings. The summed E-state index contributed by atoms with van der Waals surface area (Å²) < 4.78 is 61.9. The van der Waals surface area contributed by atoms with E-state index in [1.807, 2.05) is 0 Å². The molecule has 0 unspecified atom stereocenters. The van der Waals surface area contributed by atoms with Gasteiger partial charge in [-0.2, -0.15) is 37.3 Å². The van der Waals surface area contributed by atoms with Crippen LogP contribution in [0, 0.1) is 0 Å². The molecule has 0 bridgehead atoms. The van der Waals surface area contributed by atoms with Crippen LogP contribution in [0.3, 0.4) is 0 Å². The lowest BCUT2D eigenvalue weighted by molar-refractivity contribution is 0.481. The maximum Gasteiger partial charge on any atom is 0.294 e. The van der Waals surface area contributed by atoms with Crippen LogP contribution in [0.2, 0.25) is 0 Å². The summed E-state index contributed by atoms with van der Waals surface area (Å²) in [5, 5.41) is 16.0. The van der Waals surface area contributed by atoms with Gasteiger partial charge in [0.2, 0.25) is 0 Å². The van der Waals surface area contributed by atoms with E-state index in [1.54, 1.807) is 24.3 Å². The third kappa shape index (κ3) is 5.84. The Bertz CT molecular complexity index is 1200. The van der Waals surface area contributed by atoms with E-state index >= 15 is 0 Å². The second-order valence-electron chi connectivity index (χ2n) is 5.85. The standard InChI is InChI=1S/C18H14N4O6S2/c23-29(24,25)17-9-5-15(6-10-17)21-19-13-1-2-14(4-3-13)20-22-16-7-11-18(12-8-16)30(26,27)28/h1-12H,(H,23,24,25)(H,26,27,28). The van der Waals surface area contributed by atoms with Gasteiger partial charge in [-0.1, -0.05) is 0 Å². The molecule has 0 radical (unpaired) electrons. The van der Waals surface area contributed by atoms with Gasteiger partial charge < -0.3 is 0 Å². The first-order valence-electron chi connectivity index (χ1n) is 8.20. The molecule has 3 rings (SSSR count). The number of nitrogens with zero attached hydrogens (tertiary/aromatic N) is 4. The predicted molar refractivity (Wildman–Crippen MR) is 107 cm³/mol. The second-order valence-corrected chi connectivity index (χ2v) is 8.70. The van der Waals surface area contributed by atoms with Crippen LogP contribution in [0.5, 0.6) is 0 Å². The van der Waals surface area contributed by atoms with Crippen LogP contribution >= 0.6 is 0 Å². The number of benzene rings is 3. The molecule has 0 aliphatic rings. The van der Waals surface area contributed by atoms with E-state index in [4.69, 9.17) is 9.11 Å². The zero-order chi connectivity index (χ0) is 21.8. The Labute approximate surface area is 172 Å². The van der Waals surface area contributed by atoms with Gasteiger partial charge in [0.1, 0.15) is 0 Å². The SMILES string of the molecule is O=S(=O)(O)c1ccc(N=Nc2ccc(N=Nc3ccc(S(=O)(=O)O)cc3)cc2)cc1. The van der Waals surface area contributed by atoms with Crippen molar-refractivity contribution in [3.63, 3.8) is 0 Å². The summed E-state index contributed by atoms with van der Waals surface area (Å²) in [6.45, 7) is 0. The molecule has 0 amide bonds. The fourth-order valence-corrected chi connectivity index (χ4v) is 3.15. The average Bonchev–Trinajstić information content (AvgIpc) is 2.71. The van der Waals surface area contributed by atoms with Crippen LogP contribution in [-0.4, -0.2) is 25.9 Å². The molecule has 12 heteroatoms. The van der Waals surface area contributed by atoms with Crippen LogP contribution in [-0.2, 0) is 20.2 Å². The van der Waals surface area contributed by atoms with Crippen LogP contribution in [0.15, 0.2) is 103 Å². The summed E-state index contributed by atoms with van der Waals surface area (Å²) in [4.78, 5) is -0.465. The summed E-state index contributed by atoms with van der Waals surface area (Å²) >= 11 is 0. The monoisotopic (exact) mass is 446 g/mol. The second kappa shape index (κ2) is 8.59. The Kier molecular flexibility index (Phi) is 6.12. The summed E-state index contributed by atoms with van der Waals surface area (Å²) in [7, 11) is -8.51. The van der Waals surface area contributed by atoms with E-state index in [0.717, 1.165) is 0 Å². The quantitative estimate of drug-likeness (QED) is 0.400. The minimum Gasteiger partial charge on any atom is -0.282 e. The number of hydrogen-bond donors (Lipinski definition) is 2. The molecule has 30 heavy (non-hydrogen) atoms. The predicted octanol–water partition coefficient (Wildman–Crippen LogP) is 5.01. The summed E-state index contributed by atoms with van der Waals surface area (Å²) in [6.07, 6.45) is 0. The van der Waals surface area contributed by atoms with Crippen LogP contribution < -0.4 is 0 Å². The lowest BCUT2D eigenvalue weighted by atomic mass is 10.3. The molecule has 154 valence electrons. The Hall–Kier alpha value is -3.32. The van der Waals surface area contributed by atoms with Crippen molar-refractivity contribution in [3.8, 4) is 0 Å². The molecular formula is C18H14N4O6S2. The van der Waals surface area contributed by atoms with Crippen LogP contribution in [0.4, 0.5) is 22.7 Å². The maximum atomic E-state index is 11.0. The third-order valence-corrected chi connectivity index (χ3v) is 5.42. The molecule has 0 aliphatic carbocycles. The number of hydrogen-bond acceptors (Lipinski definition) is 8. The van der Waals surface area contributed by atoms with Crippen molar-refractivity contribution in [1.29, 1.82) is 0 Å². The molecule has 0 atom stereocenters. The first kappa shape index (κ1) is 21.4. The van der Waals surface area contributed by atoms with Gasteiger partial charge in [0.05, 0.1) is 32.5 Å². The molecule has 10 nitrogen and oxygen atoms in total. The summed E-state index contributed by atoms with van der Waals surface area (Å²) in [6, 6.07) is 17.1. The third-order valence-electron chi connectivity index (χ3n) is 3.68. The van der Waals surface area contributed by atoms with E-state index < -0.39 is 20.2 Å². The van der Waals surface area contributed by atoms with Gasteiger partial charge in [0.25, 0.3) is 20.2 Å². The first-order valence-corrected chi connectivity index (χ1v) is 11.1. The molecule has 0 spiro atoms. The van der Waals surface area contributed by atoms with Gasteiger partial charge in [-0.3, -0.25) is 9.11 Å². The molecular weight excluding hydrogens is 432 g/mol. The van der Waals surface area contributed by atoms with Crippen LogP contribution in [0.25, 0.3) is 0 Å². The van der Waals surface area contributed by atoms with Gasteiger partial charge in [-0.15, -0.1) is 0 Å². The van der Waals surface area contributed by atoms with Gasteiger partial charge in [-0.25, -0.2) is 0 Å². The fraction of sp³-hybridized carbons (Fsp3) is 0. The minimum atomic E-state index is -4.26. The van der Waals surface area contributed by atoms with Crippen molar-refractivity contribution in [1.82, 2.24) is 0 Å². The molecule has 2 N–H and O–H groups in total. The highest BCUT2D eigenvalue weighted by Crippen LogP contribution is 2.24. The number of rotatable bonds is 6. The molecule has 0 aliphatic heterocycles. The zero-order valence-corrected chi connectivity index (χ0v) is 16.7. The molecule has 0 saturated heterocycles. The Balaban J connectivity index is 1.66. The van der Waals surface area contributed by atoms with Crippen molar-refractivity contribution in [2.24, 2.45) is 20.5 Å². The van der Waals surface area contributed by atoms with E-state index in [0.29, 0.717) is 22.7 Å². The first-order chi connectivity index (χ1) is 14.1. The lowest BCUT2D eigenvalue weighted by Gasteiger charge is -1.98. The van der Waals surface area contributed by atoms with Crippen LogP contribution in [0.1, 0.15) is 0 Å². The summed E-state index contributed by atoms with van der Waals surface area (Å²) in [5.41, 5.74) is 1.84. The van der Waals surface area contributed by atoms with Gasteiger partial charge in [0.15, 0.2) is 0 Å². The summed E-state index contributed by atoms with van der Waals surface area (Å²) in [5.74, 6) is 0. The van der Waals surface area contributed by atoms with Crippen molar-refractivity contribution in [2.45, 2.75) is 9.79 Å². The van der Waals surface area contributed by atoms with Crippen molar-refractivity contribution >= 4 is 43.0 Å². The van der Waals surface area contributed by atoms with Gasteiger partial charge in [0, 0.05) is 0 Å². The highest BCUT2D eigenvalue weighted by Gasteiger charge is 2.09. The smallest absolute Gasteiger partial charge is 0.282 e. The Morgan fingerprint density at radius 1 is 0.433 bits per heavy atom. The van der Waals surface area contributed by atoms with Gasteiger partial charge in [-0.05, 0) is 72.8 Å². The topological polar surface area (TPSA) is 158 Å². The highest BCUT2D eigenvalue weighted by atomic mass is 32.2. The molecule has 0 aromatic heterocycles. The fourth-order valence-electron chi connectivity index (χ4n) is 2.19. The van der Waals surface area contributed by atoms with Gasteiger partial charge >= 0.3 is 0 Å². The Morgan fingerprint density at radius 2 is 0.633 bits per heavy atom. The number of azo groups is 2. The maximum absolute atomic E-state index is 11.0. The highest BCUT2D eigenvalue weighted by molar-refractivity contribution is 7.86. The van der Waals surface area contributed by atoms with Crippen molar-refractivity contribution < 1.29 is 25.9 Å². The van der Waals surface area contributed by atoms with E-state index in [2.05, 4.69) is 20.5 Å². The van der Waals surface area contributed by atoms with Crippen molar-refractivity contribution in [3.05, 3.63) is 72.8 Å². The van der Waals surface area contributed by atoms with E-state index in [9.17, 15) is 16.8 Å². The molecule has 0 fully saturated rings. The van der Waals surface area contributed by atoms with Crippen molar-refractivity contribution in [2.75, 3.05) is 0 Å². The molecule has 0 heterocycles. The molecule has 3 aromatic carbocycles. The average molecular weight is 446 g/mol. The largest absolute Gasteiger partial charge is 0.294 e. The normalized spacial score (nSPS) is 12.6. The van der Waals surface area contributed by atoms with E-state index in [1.165, 1.54) is 48.5 Å². The zero-order valence-electron chi connectivity index (χ0n) is 15.1.